The van der Waals surface area contributed by atoms with Crippen molar-refractivity contribution in [3.05, 3.63) is 28.5 Å². The molecule has 0 unspecified atom stereocenters. The molecule has 0 fully saturated rings. The van der Waals surface area contributed by atoms with Crippen LogP contribution in [0.25, 0.3) is 11.0 Å². The lowest BCUT2D eigenvalue weighted by atomic mass is 10.2. The zero-order valence-corrected chi connectivity index (χ0v) is 9.25. The highest BCUT2D eigenvalue weighted by Gasteiger charge is 2.29. The van der Waals surface area contributed by atoms with Crippen molar-refractivity contribution in [3.8, 4) is 0 Å². The van der Waals surface area contributed by atoms with Crippen molar-refractivity contribution in [1.82, 2.24) is 9.55 Å². The van der Waals surface area contributed by atoms with Gasteiger partial charge >= 0.3 is 6.18 Å². The molecule has 2 aromatic rings. The highest BCUT2D eigenvalue weighted by atomic mass is 32.1. The van der Waals surface area contributed by atoms with Crippen LogP contribution in [0, 0.1) is 11.7 Å². The molecule has 0 aliphatic carbocycles. The van der Waals surface area contributed by atoms with E-state index in [1.165, 1.54) is 0 Å². The van der Waals surface area contributed by atoms with Crippen LogP contribution in [0.1, 0.15) is 5.56 Å². The zero-order chi connectivity index (χ0) is 11.9. The lowest BCUT2D eigenvalue weighted by Crippen LogP contribution is -2.17. The average molecular weight is 246 g/mol. The molecule has 0 aliphatic heterocycles. The first-order chi connectivity index (χ1) is 7.38. The Morgan fingerprint density at radius 1 is 1.38 bits per heavy atom. The lowest BCUT2D eigenvalue weighted by Gasteiger charge is -2.09. The summed E-state index contributed by atoms with van der Waals surface area (Å²) in [4.78, 5) is 2.77. The molecule has 86 valence electrons. The van der Waals surface area contributed by atoms with Crippen LogP contribution in [0.2, 0.25) is 0 Å². The summed E-state index contributed by atoms with van der Waals surface area (Å²) < 4.78 is 38.3. The van der Waals surface area contributed by atoms with Crippen LogP contribution in [0.15, 0.2) is 18.2 Å². The lowest BCUT2D eigenvalue weighted by molar-refractivity contribution is -0.140. The summed E-state index contributed by atoms with van der Waals surface area (Å²) in [6, 6.07) is 5.25. The van der Waals surface area contributed by atoms with Crippen LogP contribution in [-0.4, -0.2) is 15.7 Å². The topological polar surface area (TPSA) is 20.7 Å². The molecule has 1 heterocycles. The normalized spacial score (nSPS) is 12.2. The number of H-pyrrole nitrogens is 1. The molecule has 2 nitrogen and oxygen atoms in total. The number of nitrogens with zero attached hydrogens (tertiary/aromatic N) is 1. The fourth-order valence-electron chi connectivity index (χ4n) is 1.73. The number of hydrogen-bond acceptors (Lipinski definition) is 1. The van der Waals surface area contributed by atoms with Gasteiger partial charge in [-0.05, 0) is 30.8 Å². The van der Waals surface area contributed by atoms with Crippen molar-refractivity contribution in [2.45, 2.75) is 19.6 Å². The van der Waals surface area contributed by atoms with E-state index in [1.807, 2.05) is 0 Å². The molecular formula is C10H9F3N2S. The van der Waals surface area contributed by atoms with Crippen LogP contribution < -0.4 is 0 Å². The van der Waals surface area contributed by atoms with Gasteiger partial charge in [-0.2, -0.15) is 13.2 Å². The molecule has 0 atom stereocenters. The third kappa shape index (κ3) is 1.97. The zero-order valence-electron chi connectivity index (χ0n) is 8.43. The quantitative estimate of drug-likeness (QED) is 0.763. The summed E-state index contributed by atoms with van der Waals surface area (Å²) in [6.45, 7) is 0.703. The van der Waals surface area contributed by atoms with Crippen LogP contribution in [0.5, 0.6) is 0 Å². The molecule has 0 radical (unpaired) electrons. The maximum Gasteiger partial charge on any atom is 0.406 e. The number of fused-ring (bicyclic) bond motifs is 1. The van der Waals surface area contributed by atoms with Gasteiger partial charge in [0.2, 0.25) is 0 Å². The molecule has 6 heteroatoms. The molecule has 0 saturated heterocycles. The van der Waals surface area contributed by atoms with E-state index in [1.54, 1.807) is 25.1 Å². The van der Waals surface area contributed by atoms with Crippen molar-refractivity contribution >= 4 is 23.3 Å². The first-order valence-corrected chi connectivity index (χ1v) is 5.04. The number of nitrogens with one attached hydrogen (secondary N) is 1. The monoisotopic (exact) mass is 246 g/mol. The Balaban J connectivity index is 2.69. The minimum Gasteiger partial charge on any atom is -0.331 e. The van der Waals surface area contributed by atoms with Crippen LogP contribution in [0.4, 0.5) is 13.2 Å². The van der Waals surface area contributed by atoms with Gasteiger partial charge in [-0.25, -0.2) is 0 Å². The number of aromatic amines is 1. The maximum atomic E-state index is 12.4. The number of aryl methyl sites for hydroxylation is 1. The molecule has 16 heavy (non-hydrogen) atoms. The molecule has 1 aromatic carbocycles. The Hall–Kier alpha value is -1.30. The molecule has 1 N–H and O–H groups in total. The fraction of sp³-hybridized carbons (Fsp3) is 0.300. The summed E-state index contributed by atoms with van der Waals surface area (Å²) in [5.74, 6) is 0. The van der Waals surface area contributed by atoms with Gasteiger partial charge in [0.05, 0.1) is 11.0 Å². The Morgan fingerprint density at radius 3 is 2.69 bits per heavy atom. The summed E-state index contributed by atoms with van der Waals surface area (Å²) >= 11 is 4.89. The van der Waals surface area contributed by atoms with E-state index >= 15 is 0 Å². The van der Waals surface area contributed by atoms with Gasteiger partial charge < -0.3 is 9.55 Å². The van der Waals surface area contributed by atoms with E-state index in [2.05, 4.69) is 4.98 Å². The Morgan fingerprint density at radius 2 is 2.06 bits per heavy atom. The standard InChI is InChI=1S/C10H9F3N2S/c1-6-3-2-4-7-8(6)15(9(16)14-7)5-10(11,12)13/h2-4H,5H2,1H3,(H,14,16). The first-order valence-electron chi connectivity index (χ1n) is 4.63. The smallest absolute Gasteiger partial charge is 0.331 e. The van der Waals surface area contributed by atoms with Crippen molar-refractivity contribution in [2.24, 2.45) is 0 Å². The second kappa shape index (κ2) is 3.62. The number of para-hydroxylation sites is 1. The van der Waals surface area contributed by atoms with E-state index < -0.39 is 12.7 Å². The second-order valence-corrected chi connectivity index (χ2v) is 3.99. The summed E-state index contributed by atoms with van der Waals surface area (Å²) in [6.07, 6.45) is -4.27. The third-order valence-electron chi connectivity index (χ3n) is 2.33. The van der Waals surface area contributed by atoms with Gasteiger partial charge in [0, 0.05) is 0 Å². The number of benzene rings is 1. The molecular weight excluding hydrogens is 237 g/mol. The van der Waals surface area contributed by atoms with Crippen LogP contribution >= 0.6 is 12.2 Å². The second-order valence-electron chi connectivity index (χ2n) is 3.60. The number of halogens is 3. The summed E-state index contributed by atoms with van der Waals surface area (Å²) in [7, 11) is 0. The van der Waals surface area contributed by atoms with Crippen molar-refractivity contribution in [2.75, 3.05) is 0 Å². The van der Waals surface area contributed by atoms with Gasteiger partial charge in [-0.3, -0.25) is 0 Å². The third-order valence-corrected chi connectivity index (χ3v) is 2.65. The Bertz CT molecular complexity index is 580. The minimum atomic E-state index is -4.27. The molecule has 0 amide bonds. The maximum absolute atomic E-state index is 12.4. The molecule has 1 aromatic heterocycles. The summed E-state index contributed by atoms with van der Waals surface area (Å²) in [5.41, 5.74) is 1.92. The Labute approximate surface area is 94.7 Å². The largest absolute Gasteiger partial charge is 0.406 e. The molecule has 0 saturated carbocycles. The average Bonchev–Trinajstić information content (AvgIpc) is 2.42. The van der Waals surface area contributed by atoms with E-state index in [9.17, 15) is 13.2 Å². The van der Waals surface area contributed by atoms with Gasteiger partial charge in [-0.1, -0.05) is 12.1 Å². The van der Waals surface area contributed by atoms with E-state index in [4.69, 9.17) is 12.2 Å². The van der Waals surface area contributed by atoms with Crippen LogP contribution in [0.3, 0.4) is 0 Å². The van der Waals surface area contributed by atoms with Crippen molar-refractivity contribution < 1.29 is 13.2 Å². The Kier molecular flexibility index (Phi) is 2.53. The van der Waals surface area contributed by atoms with Crippen molar-refractivity contribution in [3.63, 3.8) is 0 Å². The fourth-order valence-corrected chi connectivity index (χ4v) is 2.00. The van der Waals surface area contributed by atoms with Gasteiger partial charge in [0.1, 0.15) is 6.54 Å². The highest BCUT2D eigenvalue weighted by Crippen LogP contribution is 2.24. The van der Waals surface area contributed by atoms with Gasteiger partial charge in [-0.15, -0.1) is 0 Å². The van der Waals surface area contributed by atoms with Crippen LogP contribution in [-0.2, 0) is 6.54 Å². The number of imidazole rings is 1. The number of rotatable bonds is 1. The number of aromatic nitrogens is 2. The highest BCUT2D eigenvalue weighted by molar-refractivity contribution is 7.71. The minimum absolute atomic E-state index is 0.0987. The summed E-state index contributed by atoms with van der Waals surface area (Å²) in [5, 5.41) is 0. The number of alkyl halides is 3. The SMILES string of the molecule is Cc1cccc2[nH]c(=S)n(CC(F)(F)F)c12. The van der Waals surface area contributed by atoms with E-state index in [0.717, 1.165) is 10.1 Å². The van der Waals surface area contributed by atoms with E-state index in [0.29, 0.717) is 11.0 Å². The predicted molar refractivity (Wildman–Crippen MR) is 57.9 cm³/mol. The van der Waals surface area contributed by atoms with Gasteiger partial charge in [0.15, 0.2) is 4.77 Å². The molecule has 2 rings (SSSR count). The molecule has 0 aliphatic rings. The van der Waals surface area contributed by atoms with E-state index in [-0.39, 0.29) is 4.77 Å². The number of hydrogen-bond donors (Lipinski definition) is 1. The predicted octanol–water partition coefficient (Wildman–Crippen LogP) is 3.57. The molecule has 0 bridgehead atoms. The first kappa shape index (κ1) is 11.2. The molecule has 0 spiro atoms. The van der Waals surface area contributed by atoms with Crippen molar-refractivity contribution in [1.29, 1.82) is 0 Å². The van der Waals surface area contributed by atoms with Gasteiger partial charge in [0.25, 0.3) is 0 Å².